The predicted molar refractivity (Wildman–Crippen MR) is 106 cm³/mol. The molecule has 9 heteroatoms. The van der Waals surface area contributed by atoms with Crippen LogP contribution in [0.25, 0.3) is 0 Å². The van der Waals surface area contributed by atoms with Gasteiger partial charge < -0.3 is 4.90 Å². The number of nitrogens with zero attached hydrogens (tertiary/aromatic N) is 3. The van der Waals surface area contributed by atoms with E-state index in [2.05, 4.69) is 0 Å². The van der Waals surface area contributed by atoms with E-state index < -0.39 is 14.9 Å². The standard InChI is InChI=1S/C19H21N3O5S/c1-14(16-5-3-6-18(13-16)22(24)25)20(2)19(23)15-7-9-17(10-8-15)21-11-4-12-28(21,26)27/h3,5-10,13-14H,4,11-12H2,1-2H3. The van der Waals surface area contributed by atoms with E-state index >= 15 is 0 Å². The van der Waals surface area contributed by atoms with E-state index in [4.69, 9.17) is 0 Å². The average molecular weight is 403 g/mol. The van der Waals surface area contributed by atoms with Crippen molar-refractivity contribution in [2.75, 3.05) is 23.7 Å². The number of anilines is 1. The molecule has 1 heterocycles. The lowest BCUT2D eigenvalue weighted by Gasteiger charge is -2.25. The van der Waals surface area contributed by atoms with Gasteiger partial charge >= 0.3 is 0 Å². The second-order valence-corrected chi connectivity index (χ2v) is 8.75. The molecular weight excluding hydrogens is 382 g/mol. The molecular formula is C19H21N3O5S. The molecule has 148 valence electrons. The highest BCUT2D eigenvalue weighted by Gasteiger charge is 2.28. The van der Waals surface area contributed by atoms with Gasteiger partial charge in [-0.2, -0.15) is 0 Å². The van der Waals surface area contributed by atoms with Crippen LogP contribution in [-0.2, 0) is 10.0 Å². The fourth-order valence-corrected chi connectivity index (χ4v) is 4.77. The van der Waals surface area contributed by atoms with Crippen LogP contribution in [0, 0.1) is 10.1 Å². The summed E-state index contributed by atoms with van der Waals surface area (Å²) in [7, 11) is -1.64. The van der Waals surface area contributed by atoms with Crippen LogP contribution in [0.3, 0.4) is 0 Å². The third-order valence-corrected chi connectivity index (χ3v) is 6.84. The van der Waals surface area contributed by atoms with Crippen LogP contribution in [0.1, 0.15) is 35.3 Å². The second kappa shape index (κ2) is 7.59. The van der Waals surface area contributed by atoms with Crippen LogP contribution in [0.2, 0.25) is 0 Å². The van der Waals surface area contributed by atoms with Gasteiger partial charge in [0, 0.05) is 31.3 Å². The fourth-order valence-electron chi connectivity index (χ4n) is 3.20. The van der Waals surface area contributed by atoms with Crippen molar-refractivity contribution in [3.63, 3.8) is 0 Å². The van der Waals surface area contributed by atoms with Gasteiger partial charge in [-0.3, -0.25) is 19.2 Å². The Labute approximate surface area is 163 Å². The molecule has 1 aliphatic heterocycles. The molecule has 28 heavy (non-hydrogen) atoms. The molecule has 0 aliphatic carbocycles. The van der Waals surface area contributed by atoms with Crippen molar-refractivity contribution in [1.29, 1.82) is 0 Å². The summed E-state index contributed by atoms with van der Waals surface area (Å²) >= 11 is 0. The first-order valence-corrected chi connectivity index (χ1v) is 10.4. The van der Waals surface area contributed by atoms with Gasteiger partial charge in [0.25, 0.3) is 11.6 Å². The van der Waals surface area contributed by atoms with Crippen LogP contribution in [-0.4, -0.2) is 43.5 Å². The Morgan fingerprint density at radius 3 is 2.46 bits per heavy atom. The summed E-state index contributed by atoms with van der Waals surface area (Å²) in [6, 6.07) is 12.3. The molecule has 0 radical (unpaired) electrons. The molecule has 1 aliphatic rings. The van der Waals surface area contributed by atoms with Gasteiger partial charge in [0.05, 0.1) is 22.4 Å². The van der Waals surface area contributed by atoms with E-state index in [0.29, 0.717) is 29.8 Å². The quantitative estimate of drug-likeness (QED) is 0.564. The van der Waals surface area contributed by atoms with Crippen molar-refractivity contribution >= 4 is 27.3 Å². The van der Waals surface area contributed by atoms with Crippen LogP contribution in [0.4, 0.5) is 11.4 Å². The predicted octanol–water partition coefficient (Wildman–Crippen LogP) is 2.97. The van der Waals surface area contributed by atoms with Gasteiger partial charge in [-0.1, -0.05) is 12.1 Å². The first kappa shape index (κ1) is 19.8. The zero-order valence-electron chi connectivity index (χ0n) is 15.6. The summed E-state index contributed by atoms with van der Waals surface area (Å²) in [5, 5.41) is 11.0. The highest BCUT2D eigenvalue weighted by molar-refractivity contribution is 7.93. The molecule has 2 aromatic carbocycles. The third kappa shape index (κ3) is 3.84. The number of amides is 1. The normalized spacial score (nSPS) is 16.6. The lowest BCUT2D eigenvalue weighted by Crippen LogP contribution is -2.30. The molecule has 1 atom stereocenters. The van der Waals surface area contributed by atoms with E-state index in [1.807, 2.05) is 0 Å². The Hall–Kier alpha value is -2.94. The van der Waals surface area contributed by atoms with E-state index in [9.17, 15) is 23.3 Å². The number of hydrogen-bond acceptors (Lipinski definition) is 5. The van der Waals surface area contributed by atoms with Crippen LogP contribution in [0.15, 0.2) is 48.5 Å². The van der Waals surface area contributed by atoms with E-state index in [0.717, 1.165) is 0 Å². The first-order chi connectivity index (χ1) is 13.2. The van der Waals surface area contributed by atoms with Crippen molar-refractivity contribution in [2.24, 2.45) is 0 Å². The van der Waals surface area contributed by atoms with Crippen LogP contribution < -0.4 is 4.31 Å². The molecule has 1 saturated heterocycles. The minimum atomic E-state index is -3.27. The Morgan fingerprint density at radius 2 is 1.89 bits per heavy atom. The SMILES string of the molecule is CC(c1cccc([N+](=O)[O-])c1)N(C)C(=O)c1ccc(N2CCCS2(=O)=O)cc1. The number of carbonyl (C=O) groups excluding carboxylic acids is 1. The Bertz CT molecular complexity index is 1000. The third-order valence-electron chi connectivity index (χ3n) is 4.97. The monoisotopic (exact) mass is 403 g/mol. The maximum Gasteiger partial charge on any atom is 0.269 e. The molecule has 8 nitrogen and oxygen atoms in total. The number of rotatable bonds is 5. The largest absolute Gasteiger partial charge is 0.335 e. The van der Waals surface area contributed by atoms with Crippen molar-refractivity contribution in [3.05, 3.63) is 69.8 Å². The second-order valence-electron chi connectivity index (χ2n) is 6.73. The van der Waals surface area contributed by atoms with Crippen LogP contribution in [0.5, 0.6) is 0 Å². The van der Waals surface area contributed by atoms with Gasteiger partial charge in [0.2, 0.25) is 10.0 Å². The average Bonchev–Trinajstić information content (AvgIpc) is 3.05. The van der Waals surface area contributed by atoms with Gasteiger partial charge in [0.15, 0.2) is 0 Å². The maximum atomic E-state index is 12.8. The number of nitro benzene ring substituents is 1. The van der Waals surface area contributed by atoms with Crippen molar-refractivity contribution in [1.82, 2.24) is 4.90 Å². The van der Waals surface area contributed by atoms with Crippen LogP contribution >= 0.6 is 0 Å². The van der Waals surface area contributed by atoms with Gasteiger partial charge in [0.1, 0.15) is 0 Å². The topological polar surface area (TPSA) is 101 Å². The lowest BCUT2D eigenvalue weighted by atomic mass is 10.1. The van der Waals surface area contributed by atoms with E-state index in [-0.39, 0.29) is 23.4 Å². The minimum Gasteiger partial charge on any atom is -0.335 e. The molecule has 0 spiro atoms. The van der Waals surface area contributed by atoms with Crippen molar-refractivity contribution in [2.45, 2.75) is 19.4 Å². The lowest BCUT2D eigenvalue weighted by molar-refractivity contribution is -0.384. The molecule has 0 bridgehead atoms. The fraction of sp³-hybridized carbons (Fsp3) is 0.316. The van der Waals surface area contributed by atoms with Crippen molar-refractivity contribution < 1.29 is 18.1 Å². The van der Waals surface area contributed by atoms with E-state index in [1.54, 1.807) is 50.4 Å². The molecule has 1 unspecified atom stereocenters. The molecule has 1 amide bonds. The molecule has 1 fully saturated rings. The summed E-state index contributed by atoms with van der Waals surface area (Å²) in [4.78, 5) is 24.8. The summed E-state index contributed by atoms with van der Waals surface area (Å²) in [5.41, 5.74) is 1.59. The van der Waals surface area contributed by atoms with Gasteiger partial charge in [-0.25, -0.2) is 8.42 Å². The summed E-state index contributed by atoms with van der Waals surface area (Å²) < 4.78 is 25.4. The zero-order chi connectivity index (χ0) is 20.5. The summed E-state index contributed by atoms with van der Waals surface area (Å²) in [6.07, 6.45) is 0.590. The summed E-state index contributed by atoms with van der Waals surface area (Å²) in [6.45, 7) is 2.24. The van der Waals surface area contributed by atoms with Gasteiger partial charge in [-0.15, -0.1) is 0 Å². The van der Waals surface area contributed by atoms with Crippen molar-refractivity contribution in [3.8, 4) is 0 Å². The Morgan fingerprint density at radius 1 is 1.21 bits per heavy atom. The number of nitro groups is 1. The smallest absolute Gasteiger partial charge is 0.269 e. The number of benzene rings is 2. The molecule has 0 N–H and O–H groups in total. The molecule has 2 aromatic rings. The number of hydrogen-bond donors (Lipinski definition) is 0. The maximum absolute atomic E-state index is 12.8. The van der Waals surface area contributed by atoms with Gasteiger partial charge in [-0.05, 0) is 43.2 Å². The number of carbonyl (C=O) groups is 1. The summed E-state index contributed by atoms with van der Waals surface area (Å²) in [5.74, 6) is -0.119. The highest BCUT2D eigenvalue weighted by Crippen LogP contribution is 2.27. The molecule has 0 saturated carbocycles. The molecule has 3 rings (SSSR count). The van der Waals surface area contributed by atoms with E-state index in [1.165, 1.54) is 21.3 Å². The Kier molecular flexibility index (Phi) is 5.37. The Balaban J connectivity index is 1.78. The number of sulfonamides is 1. The minimum absolute atomic E-state index is 0.0265. The zero-order valence-corrected chi connectivity index (χ0v) is 16.4. The number of non-ortho nitro benzene ring substituents is 1. The highest BCUT2D eigenvalue weighted by atomic mass is 32.2. The molecule has 0 aromatic heterocycles. The first-order valence-electron chi connectivity index (χ1n) is 8.83.